The third kappa shape index (κ3) is 9.80. The number of hydrogen-bond donors (Lipinski definition) is 3. The highest BCUT2D eigenvalue weighted by atomic mass is 32.2. The van der Waals surface area contributed by atoms with Crippen LogP contribution < -0.4 is 11.1 Å². The highest BCUT2D eigenvalue weighted by Gasteiger charge is 2.14. The lowest BCUT2D eigenvalue weighted by molar-refractivity contribution is -0.143. The maximum atomic E-state index is 11.7. The first-order valence-electron chi connectivity index (χ1n) is 7.23. The molecule has 6 nitrogen and oxygen atoms in total. The van der Waals surface area contributed by atoms with Gasteiger partial charge in [-0.2, -0.15) is 11.8 Å². The molecule has 0 aliphatic heterocycles. The van der Waals surface area contributed by atoms with Crippen LogP contribution in [-0.2, 0) is 14.3 Å². The van der Waals surface area contributed by atoms with Gasteiger partial charge in [-0.15, -0.1) is 0 Å². The van der Waals surface area contributed by atoms with Crippen molar-refractivity contribution in [2.75, 3.05) is 30.5 Å². The van der Waals surface area contributed by atoms with Gasteiger partial charge in [-0.1, -0.05) is 12.1 Å². The Hall–Kier alpha value is -1.73. The summed E-state index contributed by atoms with van der Waals surface area (Å²) < 4.78 is 5.16. The lowest BCUT2D eigenvalue weighted by atomic mass is 10.1. The highest BCUT2D eigenvalue weighted by molar-refractivity contribution is 7.98. The van der Waals surface area contributed by atoms with E-state index in [-0.39, 0.29) is 18.6 Å². The van der Waals surface area contributed by atoms with Crippen LogP contribution >= 0.6 is 11.8 Å². The number of thioether (sulfide) groups is 1. The second kappa shape index (κ2) is 11.8. The molecule has 1 atom stereocenters. The number of anilines is 1. The molecule has 0 spiro atoms. The number of rotatable bonds is 7. The Bertz CT molecular complexity index is 509. The standard InChI is InChI=1S/C14H21NO2S.C2H5NO2/c1-10-5-6-11(2)13(9-10)15-12(3)14(16)17-7-8-18-4;3-1-2(4)5/h5-6,9,12,15H,7-8H2,1-4H3;1,3H2,(H,4,5)/t12-;/m0./s1. The molecule has 4 N–H and O–H groups in total. The highest BCUT2D eigenvalue weighted by Crippen LogP contribution is 2.17. The van der Waals surface area contributed by atoms with Gasteiger partial charge in [0.05, 0.1) is 6.54 Å². The average molecular weight is 342 g/mol. The van der Waals surface area contributed by atoms with Gasteiger partial charge in [-0.05, 0) is 44.2 Å². The maximum absolute atomic E-state index is 11.7. The van der Waals surface area contributed by atoms with Crippen LogP contribution in [0.15, 0.2) is 18.2 Å². The summed E-state index contributed by atoms with van der Waals surface area (Å²) in [6, 6.07) is 5.82. The molecule has 7 heteroatoms. The van der Waals surface area contributed by atoms with E-state index in [2.05, 4.69) is 17.1 Å². The molecule has 0 bridgehead atoms. The number of hydrogen-bond acceptors (Lipinski definition) is 6. The minimum atomic E-state index is -0.968. The first-order chi connectivity index (χ1) is 10.8. The Morgan fingerprint density at radius 2 is 2.00 bits per heavy atom. The number of carboxylic acid groups (broad SMARTS) is 1. The Kier molecular flexibility index (Phi) is 10.9. The predicted molar refractivity (Wildman–Crippen MR) is 95.0 cm³/mol. The summed E-state index contributed by atoms with van der Waals surface area (Å²) >= 11 is 1.67. The largest absolute Gasteiger partial charge is 0.480 e. The van der Waals surface area contributed by atoms with Gasteiger partial charge in [0.15, 0.2) is 0 Å². The lowest BCUT2D eigenvalue weighted by Gasteiger charge is -2.16. The van der Waals surface area contributed by atoms with E-state index in [1.807, 2.05) is 39.2 Å². The van der Waals surface area contributed by atoms with Crippen LogP contribution in [0.3, 0.4) is 0 Å². The van der Waals surface area contributed by atoms with Crippen LogP contribution in [0.1, 0.15) is 18.1 Å². The van der Waals surface area contributed by atoms with Gasteiger partial charge < -0.3 is 20.9 Å². The molecule has 0 saturated heterocycles. The number of benzene rings is 1. The molecule has 0 saturated carbocycles. The minimum Gasteiger partial charge on any atom is -0.480 e. The van der Waals surface area contributed by atoms with E-state index in [0.717, 1.165) is 17.0 Å². The average Bonchev–Trinajstić information content (AvgIpc) is 2.51. The predicted octanol–water partition coefficient (Wildman–Crippen LogP) is 2.04. The fourth-order valence-electron chi connectivity index (χ4n) is 1.53. The topological polar surface area (TPSA) is 102 Å². The second-order valence-corrected chi connectivity index (χ2v) is 5.93. The van der Waals surface area contributed by atoms with Gasteiger partial charge in [0.1, 0.15) is 12.6 Å². The summed E-state index contributed by atoms with van der Waals surface area (Å²) in [5.74, 6) is -0.336. The summed E-state index contributed by atoms with van der Waals surface area (Å²) in [4.78, 5) is 21.0. The second-order valence-electron chi connectivity index (χ2n) is 4.94. The smallest absolute Gasteiger partial charge is 0.328 e. The quantitative estimate of drug-likeness (QED) is 0.515. The molecule has 130 valence electrons. The van der Waals surface area contributed by atoms with Crippen LogP contribution in [0, 0.1) is 13.8 Å². The summed E-state index contributed by atoms with van der Waals surface area (Å²) in [7, 11) is 0. The molecule has 0 aromatic heterocycles. The Labute approximate surface area is 141 Å². The van der Waals surface area contributed by atoms with E-state index in [1.165, 1.54) is 5.56 Å². The fraction of sp³-hybridized carbons (Fsp3) is 0.500. The molecule has 1 aromatic carbocycles. The van der Waals surface area contributed by atoms with Gasteiger partial charge in [-0.25, -0.2) is 4.79 Å². The molecular formula is C16H26N2O4S. The number of ether oxygens (including phenoxy) is 1. The van der Waals surface area contributed by atoms with Crippen LogP contribution in [0.25, 0.3) is 0 Å². The zero-order valence-corrected chi connectivity index (χ0v) is 14.9. The van der Waals surface area contributed by atoms with Crippen molar-refractivity contribution < 1.29 is 19.4 Å². The Balaban J connectivity index is 0.000000841. The summed E-state index contributed by atoms with van der Waals surface area (Å²) in [6.45, 7) is 6.07. The fourth-order valence-corrected chi connectivity index (χ4v) is 1.78. The van der Waals surface area contributed by atoms with Gasteiger partial charge in [0, 0.05) is 11.4 Å². The molecule has 1 rings (SSSR count). The Morgan fingerprint density at radius 3 is 2.52 bits per heavy atom. The van der Waals surface area contributed by atoms with Crippen molar-refractivity contribution in [2.45, 2.75) is 26.8 Å². The van der Waals surface area contributed by atoms with E-state index in [0.29, 0.717) is 6.61 Å². The molecule has 23 heavy (non-hydrogen) atoms. The maximum Gasteiger partial charge on any atom is 0.328 e. The number of aliphatic carboxylic acids is 1. The van der Waals surface area contributed by atoms with Crippen molar-refractivity contribution >= 4 is 29.4 Å². The third-order valence-corrected chi connectivity index (χ3v) is 3.40. The molecule has 0 aliphatic rings. The zero-order valence-electron chi connectivity index (χ0n) is 14.1. The van der Waals surface area contributed by atoms with Gasteiger partial charge >= 0.3 is 11.9 Å². The van der Waals surface area contributed by atoms with E-state index >= 15 is 0 Å². The molecule has 0 amide bonds. The van der Waals surface area contributed by atoms with Crippen molar-refractivity contribution in [3.8, 4) is 0 Å². The number of nitrogens with two attached hydrogens (primary N) is 1. The van der Waals surface area contributed by atoms with Crippen LogP contribution in [0.5, 0.6) is 0 Å². The monoisotopic (exact) mass is 342 g/mol. The van der Waals surface area contributed by atoms with E-state index in [1.54, 1.807) is 11.8 Å². The Morgan fingerprint density at radius 1 is 1.39 bits per heavy atom. The SMILES string of the molecule is CSCCOC(=O)[C@H](C)Nc1cc(C)ccc1C.NCC(=O)O. The normalized spacial score (nSPS) is 11.0. The van der Waals surface area contributed by atoms with Crippen molar-refractivity contribution in [2.24, 2.45) is 5.73 Å². The van der Waals surface area contributed by atoms with E-state index in [4.69, 9.17) is 9.84 Å². The minimum absolute atomic E-state index is 0.204. The first-order valence-corrected chi connectivity index (χ1v) is 8.62. The van der Waals surface area contributed by atoms with Gasteiger partial charge in [0.25, 0.3) is 0 Å². The molecule has 0 aliphatic carbocycles. The molecule has 0 radical (unpaired) electrons. The summed E-state index contributed by atoms with van der Waals surface area (Å²) in [5, 5.41) is 10.8. The van der Waals surface area contributed by atoms with Crippen LogP contribution in [-0.4, -0.2) is 48.2 Å². The lowest BCUT2D eigenvalue weighted by Crippen LogP contribution is -2.29. The van der Waals surface area contributed by atoms with Gasteiger partial charge in [0.2, 0.25) is 0 Å². The van der Waals surface area contributed by atoms with Crippen LogP contribution in [0.2, 0.25) is 0 Å². The molecule has 1 aromatic rings. The molecule has 0 fully saturated rings. The number of nitrogens with one attached hydrogen (secondary N) is 1. The molecule has 0 unspecified atom stereocenters. The zero-order chi connectivity index (χ0) is 17.8. The van der Waals surface area contributed by atoms with E-state index < -0.39 is 5.97 Å². The van der Waals surface area contributed by atoms with Crippen LogP contribution in [0.4, 0.5) is 5.69 Å². The number of carbonyl (C=O) groups is 2. The molecular weight excluding hydrogens is 316 g/mol. The first kappa shape index (κ1) is 21.3. The number of carbonyl (C=O) groups excluding carboxylic acids is 1. The van der Waals surface area contributed by atoms with Crippen molar-refractivity contribution in [1.29, 1.82) is 0 Å². The number of aryl methyl sites for hydroxylation is 2. The van der Waals surface area contributed by atoms with Crippen molar-refractivity contribution in [3.05, 3.63) is 29.3 Å². The summed E-state index contributed by atoms with van der Waals surface area (Å²) in [6.07, 6.45) is 1.99. The van der Waals surface area contributed by atoms with E-state index in [9.17, 15) is 9.59 Å². The number of esters is 1. The van der Waals surface area contributed by atoms with Crippen molar-refractivity contribution in [3.63, 3.8) is 0 Å². The number of carboxylic acids is 1. The third-order valence-electron chi connectivity index (χ3n) is 2.83. The van der Waals surface area contributed by atoms with Gasteiger partial charge in [-0.3, -0.25) is 4.79 Å². The molecule has 0 heterocycles. The summed E-state index contributed by atoms with van der Waals surface area (Å²) in [5.41, 5.74) is 7.86. The van der Waals surface area contributed by atoms with Crippen molar-refractivity contribution in [1.82, 2.24) is 0 Å².